The van der Waals surface area contributed by atoms with E-state index < -0.39 is 0 Å². The van der Waals surface area contributed by atoms with Gasteiger partial charge in [0.1, 0.15) is 5.75 Å². The molecule has 2 aromatic rings. The van der Waals surface area contributed by atoms with E-state index in [-0.39, 0.29) is 6.03 Å². The molecule has 2 rings (SSSR count). The molecule has 0 heterocycles. The first kappa shape index (κ1) is 17.1. The van der Waals surface area contributed by atoms with Crippen molar-refractivity contribution in [3.05, 3.63) is 70.3 Å². The molecule has 0 unspecified atom stereocenters. The number of halogens is 1. The molecule has 4 nitrogen and oxygen atoms in total. The van der Waals surface area contributed by atoms with Crippen LogP contribution >= 0.6 is 15.9 Å². The zero-order chi connectivity index (χ0) is 16.5. The quantitative estimate of drug-likeness (QED) is 0.803. The van der Waals surface area contributed by atoms with Crippen molar-refractivity contribution < 1.29 is 9.53 Å². The molecule has 0 saturated carbocycles. The molecule has 0 atom stereocenters. The van der Waals surface area contributed by atoms with Gasteiger partial charge in [-0.25, -0.2) is 4.79 Å². The minimum absolute atomic E-state index is 0.221. The number of rotatable bonds is 6. The summed E-state index contributed by atoms with van der Waals surface area (Å²) in [5.74, 6) is 0.824. The molecule has 2 aromatic carbocycles. The van der Waals surface area contributed by atoms with Gasteiger partial charge in [-0.2, -0.15) is 0 Å². The van der Waals surface area contributed by atoms with E-state index in [0.717, 1.165) is 27.8 Å². The number of methoxy groups -OCH3 is 1. The SMILES string of the molecule is COc1cccc(CCNC(=O)N/C=C/c2ccc(Br)cc2)c1. The summed E-state index contributed by atoms with van der Waals surface area (Å²) in [6, 6.07) is 15.4. The summed E-state index contributed by atoms with van der Waals surface area (Å²) in [7, 11) is 1.64. The molecule has 2 N–H and O–H groups in total. The fourth-order valence-electron chi connectivity index (χ4n) is 1.99. The molecule has 5 heteroatoms. The molecular formula is C18H19BrN2O2. The van der Waals surface area contributed by atoms with E-state index in [1.807, 2.05) is 54.6 Å². The maximum absolute atomic E-state index is 11.7. The van der Waals surface area contributed by atoms with Gasteiger partial charge in [-0.3, -0.25) is 0 Å². The third kappa shape index (κ3) is 6.16. The molecule has 0 fully saturated rings. The Hall–Kier alpha value is -2.27. The van der Waals surface area contributed by atoms with Crippen molar-refractivity contribution in [3.8, 4) is 5.75 Å². The number of hydrogen-bond donors (Lipinski definition) is 2. The van der Waals surface area contributed by atoms with Gasteiger partial charge < -0.3 is 15.4 Å². The van der Waals surface area contributed by atoms with Gasteiger partial charge in [-0.15, -0.1) is 0 Å². The Morgan fingerprint density at radius 2 is 2.00 bits per heavy atom. The number of hydrogen-bond acceptors (Lipinski definition) is 2. The Labute approximate surface area is 144 Å². The maximum Gasteiger partial charge on any atom is 0.318 e. The number of carbonyl (C=O) groups is 1. The van der Waals surface area contributed by atoms with E-state index in [2.05, 4.69) is 26.6 Å². The van der Waals surface area contributed by atoms with Crippen molar-refractivity contribution in [2.24, 2.45) is 0 Å². The van der Waals surface area contributed by atoms with Crippen LogP contribution < -0.4 is 15.4 Å². The topological polar surface area (TPSA) is 50.4 Å². The van der Waals surface area contributed by atoms with E-state index in [1.54, 1.807) is 13.3 Å². The van der Waals surface area contributed by atoms with Gasteiger partial charge in [-0.1, -0.05) is 40.2 Å². The Morgan fingerprint density at radius 1 is 1.22 bits per heavy atom. The number of urea groups is 1. The second kappa shape index (κ2) is 9.00. The van der Waals surface area contributed by atoms with Gasteiger partial charge in [0.25, 0.3) is 0 Å². The summed E-state index contributed by atoms with van der Waals surface area (Å²) in [5.41, 5.74) is 2.14. The standard InChI is InChI=1S/C18H19BrN2O2/c1-23-17-4-2-3-15(13-17)10-12-21-18(22)20-11-9-14-5-7-16(19)8-6-14/h2-9,11,13H,10,12H2,1H3,(H2,20,21,22)/b11-9+. The second-order valence-electron chi connectivity index (χ2n) is 4.89. The van der Waals surface area contributed by atoms with Gasteiger partial charge in [0.05, 0.1) is 7.11 Å². The van der Waals surface area contributed by atoms with Crippen molar-refractivity contribution in [2.75, 3.05) is 13.7 Å². The number of ether oxygens (including phenoxy) is 1. The van der Waals surface area contributed by atoms with Crippen molar-refractivity contribution in [2.45, 2.75) is 6.42 Å². The van der Waals surface area contributed by atoms with Crippen molar-refractivity contribution >= 4 is 28.0 Å². The van der Waals surface area contributed by atoms with Gasteiger partial charge in [0, 0.05) is 17.2 Å². The van der Waals surface area contributed by atoms with E-state index >= 15 is 0 Å². The lowest BCUT2D eigenvalue weighted by Gasteiger charge is -2.06. The van der Waals surface area contributed by atoms with E-state index in [1.165, 1.54) is 0 Å². The van der Waals surface area contributed by atoms with Gasteiger partial charge in [-0.05, 0) is 47.9 Å². The highest BCUT2D eigenvalue weighted by molar-refractivity contribution is 9.10. The van der Waals surface area contributed by atoms with Crippen LogP contribution in [0.4, 0.5) is 4.79 Å². The van der Waals surface area contributed by atoms with Crippen molar-refractivity contribution in [1.82, 2.24) is 10.6 Å². The van der Waals surface area contributed by atoms with Crippen LogP contribution in [0.25, 0.3) is 6.08 Å². The lowest BCUT2D eigenvalue weighted by Crippen LogP contribution is -2.33. The predicted molar refractivity (Wildman–Crippen MR) is 96.4 cm³/mol. The van der Waals surface area contributed by atoms with Crippen molar-refractivity contribution in [3.63, 3.8) is 0 Å². The minimum Gasteiger partial charge on any atom is -0.497 e. The normalized spacial score (nSPS) is 10.5. The highest BCUT2D eigenvalue weighted by Gasteiger charge is 1.99. The first-order chi connectivity index (χ1) is 11.2. The zero-order valence-electron chi connectivity index (χ0n) is 12.9. The first-order valence-corrected chi connectivity index (χ1v) is 8.06. The average Bonchev–Trinajstić information content (AvgIpc) is 2.57. The van der Waals surface area contributed by atoms with Crippen LogP contribution in [0.3, 0.4) is 0 Å². The van der Waals surface area contributed by atoms with Crippen LogP contribution in [0.1, 0.15) is 11.1 Å². The van der Waals surface area contributed by atoms with Crippen LogP contribution in [-0.2, 0) is 6.42 Å². The Morgan fingerprint density at radius 3 is 2.74 bits per heavy atom. The van der Waals surface area contributed by atoms with Crippen LogP contribution in [0.5, 0.6) is 5.75 Å². The molecule has 0 aromatic heterocycles. The minimum atomic E-state index is -0.221. The Bertz CT molecular complexity index is 669. The molecule has 23 heavy (non-hydrogen) atoms. The average molecular weight is 375 g/mol. The zero-order valence-corrected chi connectivity index (χ0v) is 14.5. The molecular weight excluding hydrogens is 356 g/mol. The van der Waals surface area contributed by atoms with E-state index in [9.17, 15) is 4.79 Å². The summed E-state index contributed by atoms with van der Waals surface area (Å²) >= 11 is 3.38. The molecule has 0 saturated heterocycles. The first-order valence-electron chi connectivity index (χ1n) is 7.27. The Balaban J connectivity index is 1.71. The highest BCUT2D eigenvalue weighted by Crippen LogP contribution is 2.12. The molecule has 0 spiro atoms. The molecule has 0 bridgehead atoms. The number of amides is 2. The molecule has 0 aliphatic carbocycles. The van der Waals surface area contributed by atoms with Crippen LogP contribution in [0.2, 0.25) is 0 Å². The Kier molecular flexibility index (Phi) is 6.69. The lowest BCUT2D eigenvalue weighted by molar-refractivity contribution is 0.244. The fraction of sp³-hybridized carbons (Fsp3) is 0.167. The molecule has 120 valence electrons. The van der Waals surface area contributed by atoms with E-state index in [4.69, 9.17) is 4.74 Å². The second-order valence-corrected chi connectivity index (χ2v) is 5.80. The third-order valence-corrected chi connectivity index (χ3v) is 3.72. The molecule has 2 amide bonds. The number of nitrogens with one attached hydrogen (secondary N) is 2. The van der Waals surface area contributed by atoms with Crippen LogP contribution in [0, 0.1) is 0 Å². The third-order valence-electron chi connectivity index (χ3n) is 3.19. The van der Waals surface area contributed by atoms with Gasteiger partial charge in [0.2, 0.25) is 0 Å². The van der Waals surface area contributed by atoms with Gasteiger partial charge in [0.15, 0.2) is 0 Å². The summed E-state index contributed by atoms with van der Waals surface area (Å²) in [6.45, 7) is 0.561. The van der Waals surface area contributed by atoms with E-state index in [0.29, 0.717) is 6.54 Å². The molecule has 0 radical (unpaired) electrons. The molecule has 0 aliphatic heterocycles. The van der Waals surface area contributed by atoms with Crippen LogP contribution in [-0.4, -0.2) is 19.7 Å². The predicted octanol–water partition coefficient (Wildman–Crippen LogP) is 3.97. The smallest absolute Gasteiger partial charge is 0.318 e. The summed E-state index contributed by atoms with van der Waals surface area (Å²) < 4.78 is 6.20. The monoisotopic (exact) mass is 374 g/mol. The fourth-order valence-corrected chi connectivity index (χ4v) is 2.25. The largest absolute Gasteiger partial charge is 0.497 e. The summed E-state index contributed by atoms with van der Waals surface area (Å²) in [6.07, 6.45) is 4.22. The van der Waals surface area contributed by atoms with Crippen LogP contribution in [0.15, 0.2) is 59.2 Å². The lowest BCUT2D eigenvalue weighted by atomic mass is 10.1. The number of benzene rings is 2. The highest BCUT2D eigenvalue weighted by atomic mass is 79.9. The van der Waals surface area contributed by atoms with Crippen molar-refractivity contribution in [1.29, 1.82) is 0 Å². The van der Waals surface area contributed by atoms with Gasteiger partial charge >= 0.3 is 6.03 Å². The maximum atomic E-state index is 11.7. The molecule has 0 aliphatic rings. The summed E-state index contributed by atoms with van der Waals surface area (Å²) in [4.78, 5) is 11.7. The summed E-state index contributed by atoms with van der Waals surface area (Å²) in [5, 5.41) is 5.50. The number of carbonyl (C=O) groups excluding carboxylic acids is 1.